The number of carbonyl (C=O) groups excluding carboxylic acids is 8. The fraction of sp³-hybridized carbons (Fsp3) is 0.649. The second-order valence-corrected chi connectivity index (χ2v) is 22.4. The topological polar surface area (TPSA) is 199 Å². The summed E-state index contributed by atoms with van der Waals surface area (Å²) in [5.74, 6) is -7.19. The summed E-state index contributed by atoms with van der Waals surface area (Å²) in [7, 11) is 5.62. The van der Waals surface area contributed by atoms with Crippen LogP contribution in [0.15, 0.2) is 54.6 Å². The van der Waals surface area contributed by atoms with E-state index in [1.807, 2.05) is 79.7 Å². The van der Waals surface area contributed by atoms with Gasteiger partial charge in [-0.05, 0) is 80.4 Å². The van der Waals surface area contributed by atoms with Crippen molar-refractivity contribution in [3.63, 3.8) is 0 Å². The molecule has 0 aromatic heterocycles. The highest BCUT2D eigenvalue weighted by Gasteiger charge is 2.44. The van der Waals surface area contributed by atoms with Crippen molar-refractivity contribution in [3.05, 3.63) is 65.7 Å². The molecule has 2 unspecified atom stereocenters. The first-order valence-corrected chi connectivity index (χ1v) is 26.7. The molecule has 0 saturated carbocycles. The molecular formula is C57H83N5O13. The van der Waals surface area contributed by atoms with Gasteiger partial charge in [-0.25, -0.2) is 19.2 Å². The maximum atomic E-state index is 15.1. The first kappa shape index (κ1) is 59.8. The third kappa shape index (κ3) is 15.8. The minimum atomic E-state index is -1.52. The number of hydrogen-bond acceptors (Lipinski definition) is 14. The number of fused-ring (bicyclic) bond motifs is 2. The Morgan fingerprint density at radius 1 is 0.453 bits per heavy atom. The van der Waals surface area contributed by atoms with Gasteiger partial charge in [0.05, 0.1) is 12.2 Å². The molecule has 18 heteroatoms. The van der Waals surface area contributed by atoms with Gasteiger partial charge < -0.3 is 48.2 Å². The van der Waals surface area contributed by atoms with Crippen LogP contribution in [-0.2, 0) is 74.9 Å². The van der Waals surface area contributed by atoms with Crippen molar-refractivity contribution in [1.82, 2.24) is 19.6 Å². The van der Waals surface area contributed by atoms with Gasteiger partial charge in [-0.15, -0.1) is 0 Å². The van der Waals surface area contributed by atoms with E-state index in [2.05, 4.69) is 4.90 Å². The fourth-order valence-corrected chi connectivity index (χ4v) is 10.1. The van der Waals surface area contributed by atoms with E-state index in [1.165, 1.54) is 46.9 Å². The molecule has 0 radical (unpaired) electrons. The normalized spacial score (nSPS) is 27.6. The Bertz CT molecular complexity index is 2290. The summed E-state index contributed by atoms with van der Waals surface area (Å²) in [5.41, 5.74) is 2.18. The summed E-state index contributed by atoms with van der Waals surface area (Å²) in [6, 6.07) is 11.3. The monoisotopic (exact) mass is 1050 g/mol. The SMILES string of the molecule is CC(C)C[C@H]1C(=O)O[C@H](Cc2ccccc2N2CC3CC(C2)O3)C(=O)N(C)[C@@H](CC(C)C)C(=O)O[C@H](C)C(=O)N(C)[C@@H](CC(C)C)C(=O)O[C@H](Cc2ccccc2)C(=O)N(C)[C@@H](CC(C)C)C(=O)O[C@H](C)C(=O)N1C. The minimum absolute atomic E-state index is 0.0649. The van der Waals surface area contributed by atoms with Gasteiger partial charge in [-0.1, -0.05) is 104 Å². The summed E-state index contributed by atoms with van der Waals surface area (Å²) >= 11 is 0. The zero-order chi connectivity index (χ0) is 55.6. The number of piperidine rings is 1. The Balaban J connectivity index is 1.61. The number of para-hydroxylation sites is 1. The lowest BCUT2D eigenvalue weighted by Gasteiger charge is -2.48. The van der Waals surface area contributed by atoms with Gasteiger partial charge in [0.25, 0.3) is 23.6 Å². The highest BCUT2D eigenvalue weighted by Crippen LogP contribution is 2.34. The van der Waals surface area contributed by atoms with E-state index < -0.39 is 96.1 Å². The van der Waals surface area contributed by atoms with Gasteiger partial charge >= 0.3 is 23.9 Å². The summed E-state index contributed by atoms with van der Waals surface area (Å²) < 4.78 is 30.1. The predicted octanol–water partition coefficient (Wildman–Crippen LogP) is 5.64. The molecule has 0 spiro atoms. The van der Waals surface area contributed by atoms with E-state index in [9.17, 15) is 33.6 Å². The molecule has 2 bridgehead atoms. The molecule has 414 valence electrons. The highest BCUT2D eigenvalue weighted by atomic mass is 16.6. The number of carbonyl (C=O) groups is 8. The van der Waals surface area contributed by atoms with E-state index in [-0.39, 0.29) is 74.4 Å². The molecule has 4 aliphatic rings. The zero-order valence-corrected chi connectivity index (χ0v) is 46.7. The highest BCUT2D eigenvalue weighted by molar-refractivity contribution is 5.94. The predicted molar refractivity (Wildman–Crippen MR) is 281 cm³/mol. The summed E-state index contributed by atoms with van der Waals surface area (Å²) in [5, 5.41) is 0. The van der Waals surface area contributed by atoms with E-state index in [0.717, 1.165) is 26.8 Å². The molecule has 4 fully saturated rings. The third-order valence-corrected chi connectivity index (χ3v) is 14.2. The fourth-order valence-electron chi connectivity index (χ4n) is 10.1. The lowest BCUT2D eigenvalue weighted by Crippen LogP contribution is -2.57. The average Bonchev–Trinajstić information content (AvgIpc) is 3.35. The first-order chi connectivity index (χ1) is 35.3. The van der Waals surface area contributed by atoms with Crippen LogP contribution in [0.4, 0.5) is 5.69 Å². The Labute approximate surface area is 444 Å². The van der Waals surface area contributed by atoms with Crippen LogP contribution in [0.2, 0.25) is 0 Å². The largest absolute Gasteiger partial charge is 0.451 e. The molecule has 4 amide bonds. The number of cyclic esters (lactones) is 4. The van der Waals surface area contributed by atoms with Crippen LogP contribution in [0.1, 0.15) is 112 Å². The Kier molecular flexibility index (Phi) is 21.2. The molecule has 75 heavy (non-hydrogen) atoms. The van der Waals surface area contributed by atoms with E-state index in [0.29, 0.717) is 24.2 Å². The molecule has 4 saturated heterocycles. The van der Waals surface area contributed by atoms with Gasteiger partial charge in [-0.3, -0.25) is 19.2 Å². The van der Waals surface area contributed by atoms with E-state index in [4.69, 9.17) is 23.7 Å². The van der Waals surface area contributed by atoms with Gasteiger partial charge in [0.15, 0.2) is 24.4 Å². The first-order valence-electron chi connectivity index (χ1n) is 26.7. The lowest BCUT2D eigenvalue weighted by atomic mass is 9.96. The number of amides is 4. The van der Waals surface area contributed by atoms with Crippen molar-refractivity contribution in [2.75, 3.05) is 46.2 Å². The molecule has 0 aliphatic carbocycles. The van der Waals surface area contributed by atoms with E-state index in [1.54, 1.807) is 30.3 Å². The van der Waals surface area contributed by atoms with Crippen LogP contribution in [0.3, 0.4) is 0 Å². The zero-order valence-electron chi connectivity index (χ0n) is 46.7. The minimum Gasteiger partial charge on any atom is -0.451 e. The van der Waals surface area contributed by atoms with Crippen LogP contribution < -0.4 is 4.90 Å². The standard InChI is InChI=1S/C57H83N5O13/c1-33(2)24-44-54(67)71-38(10)51(64)59(12)47(27-36(7)8)57(70)75-49(29-40-22-18-19-23-43(40)62-31-41-30-42(32-62)73-41)53(66)61(14)45(25-34(3)4)55(68)72-37(9)50(63)58(11)46(26-35(5)6)56(69)74-48(52(65)60(44)13)28-39-20-16-15-17-21-39/h15-23,33-38,41-42,44-49H,24-32H2,1-14H3/t37-,38-,41?,42?,44+,45+,46+,47+,48-,49-/m1/s1. The van der Waals surface area contributed by atoms with Gasteiger partial charge in [0.2, 0.25) is 0 Å². The molecule has 2 aromatic carbocycles. The van der Waals surface area contributed by atoms with Gasteiger partial charge in [0.1, 0.15) is 24.2 Å². The van der Waals surface area contributed by atoms with Crippen LogP contribution in [0.5, 0.6) is 0 Å². The summed E-state index contributed by atoms with van der Waals surface area (Å²) in [6.45, 7) is 18.9. The quantitative estimate of drug-likeness (QED) is 0.176. The molecular weight excluding hydrogens is 963 g/mol. The van der Waals surface area contributed by atoms with Crippen LogP contribution in [-0.4, -0.2) is 169 Å². The van der Waals surface area contributed by atoms with Gasteiger partial charge in [-0.2, -0.15) is 0 Å². The van der Waals surface area contributed by atoms with Crippen LogP contribution in [0.25, 0.3) is 0 Å². The molecule has 18 nitrogen and oxygen atoms in total. The molecule has 4 heterocycles. The second-order valence-electron chi connectivity index (χ2n) is 22.4. The molecule has 0 N–H and O–H groups in total. The smallest absolute Gasteiger partial charge is 0.329 e. The molecule has 4 aliphatic heterocycles. The number of anilines is 1. The number of esters is 4. The van der Waals surface area contributed by atoms with E-state index >= 15 is 4.79 Å². The third-order valence-electron chi connectivity index (χ3n) is 14.2. The molecule has 10 atom stereocenters. The number of ether oxygens (including phenoxy) is 5. The Morgan fingerprint density at radius 3 is 1.17 bits per heavy atom. The number of nitrogens with zero attached hydrogens (tertiary/aromatic N) is 5. The number of hydrogen-bond donors (Lipinski definition) is 0. The Morgan fingerprint density at radius 2 is 0.787 bits per heavy atom. The number of benzene rings is 2. The van der Waals surface area contributed by atoms with Crippen molar-refractivity contribution in [2.24, 2.45) is 23.7 Å². The summed E-state index contributed by atoms with van der Waals surface area (Å²) in [6.07, 6.45) is -4.63. The average molecular weight is 1050 g/mol. The van der Waals surface area contributed by atoms with Crippen LogP contribution >= 0.6 is 0 Å². The van der Waals surface area contributed by atoms with Crippen molar-refractivity contribution in [1.29, 1.82) is 0 Å². The lowest BCUT2D eigenvalue weighted by molar-refractivity contribution is -0.176. The number of likely N-dealkylation sites (N-methyl/N-ethyl adjacent to an activating group) is 4. The van der Waals surface area contributed by atoms with Crippen molar-refractivity contribution in [3.8, 4) is 0 Å². The maximum Gasteiger partial charge on any atom is 0.329 e. The Hall–Kier alpha value is -6.04. The number of rotatable bonds is 13. The molecule has 6 rings (SSSR count). The van der Waals surface area contributed by atoms with Crippen molar-refractivity contribution < 1.29 is 62.0 Å². The summed E-state index contributed by atoms with van der Waals surface area (Å²) in [4.78, 5) is 124. The molecule has 2 aromatic rings. The second kappa shape index (κ2) is 26.6. The van der Waals surface area contributed by atoms with Crippen LogP contribution in [0, 0.1) is 23.7 Å². The van der Waals surface area contributed by atoms with Crippen molar-refractivity contribution >= 4 is 53.2 Å². The van der Waals surface area contributed by atoms with Gasteiger partial charge in [0, 0.05) is 66.2 Å². The number of morpholine rings is 1. The van der Waals surface area contributed by atoms with Crippen molar-refractivity contribution in [2.45, 2.75) is 175 Å². The maximum absolute atomic E-state index is 15.1.